The molecule has 0 amide bonds. The molecular weight excluding hydrogens is 176 g/mol. The summed E-state index contributed by atoms with van der Waals surface area (Å²) in [5.41, 5.74) is 2.78. The predicted molar refractivity (Wildman–Crippen MR) is 45.1 cm³/mol. The van der Waals surface area contributed by atoms with Gasteiger partial charge in [0.1, 0.15) is 0 Å². The lowest BCUT2D eigenvalue weighted by Gasteiger charge is -2.03. The van der Waals surface area contributed by atoms with Crippen LogP contribution in [0.2, 0.25) is 0 Å². The molecule has 0 heterocycles. The molecule has 2 nitrogen and oxygen atoms in total. The number of halogens is 2. The number of hydrogen-bond donors (Lipinski definition) is 1. The van der Waals surface area contributed by atoms with Gasteiger partial charge in [-0.1, -0.05) is 12.1 Å². The van der Waals surface area contributed by atoms with Gasteiger partial charge in [-0.05, 0) is 11.6 Å². The molecule has 0 aliphatic rings. The Bertz CT molecular complexity index is 278. The minimum Gasteiger partial charge on any atom is -0.302 e. The van der Waals surface area contributed by atoms with Crippen LogP contribution in [0.25, 0.3) is 0 Å². The van der Waals surface area contributed by atoms with Gasteiger partial charge in [0.05, 0.1) is 6.61 Å². The maximum Gasteiger partial charge on any atom is 0.162 e. The Balaban J connectivity index is 2.61. The largest absolute Gasteiger partial charge is 0.302 e. The Hall–Kier alpha value is -1.00. The molecule has 0 aromatic heterocycles. The van der Waals surface area contributed by atoms with E-state index in [1.54, 1.807) is 7.05 Å². The molecule has 0 bridgehead atoms. The number of nitrogens with one attached hydrogen (secondary N) is 1. The van der Waals surface area contributed by atoms with Crippen molar-refractivity contribution in [3.63, 3.8) is 0 Å². The SMILES string of the molecule is CNOCCc1cccc(F)c1F. The van der Waals surface area contributed by atoms with Gasteiger partial charge in [-0.2, -0.15) is 0 Å². The van der Waals surface area contributed by atoms with Crippen molar-refractivity contribution in [1.82, 2.24) is 5.48 Å². The van der Waals surface area contributed by atoms with E-state index in [4.69, 9.17) is 4.84 Å². The second-order valence-corrected chi connectivity index (χ2v) is 2.52. The van der Waals surface area contributed by atoms with E-state index < -0.39 is 11.6 Å². The first-order valence-corrected chi connectivity index (χ1v) is 3.97. The summed E-state index contributed by atoms with van der Waals surface area (Å²) < 4.78 is 25.6. The van der Waals surface area contributed by atoms with E-state index in [9.17, 15) is 8.78 Å². The quantitative estimate of drug-likeness (QED) is 0.571. The lowest BCUT2D eigenvalue weighted by Crippen LogP contribution is -2.10. The average molecular weight is 187 g/mol. The number of rotatable bonds is 4. The van der Waals surface area contributed by atoms with Crippen LogP contribution in [0.4, 0.5) is 8.78 Å². The minimum atomic E-state index is -0.818. The van der Waals surface area contributed by atoms with Crippen LogP contribution >= 0.6 is 0 Å². The summed E-state index contributed by atoms with van der Waals surface area (Å²) in [5.74, 6) is -1.61. The summed E-state index contributed by atoms with van der Waals surface area (Å²) in [5, 5.41) is 0. The van der Waals surface area contributed by atoms with Crippen LogP contribution in [0, 0.1) is 11.6 Å². The van der Waals surface area contributed by atoms with E-state index >= 15 is 0 Å². The molecule has 0 saturated carbocycles. The van der Waals surface area contributed by atoms with Crippen LogP contribution in [0.15, 0.2) is 18.2 Å². The molecule has 1 aromatic carbocycles. The number of benzene rings is 1. The molecule has 0 unspecified atom stereocenters. The molecule has 0 aliphatic carbocycles. The molecule has 0 atom stereocenters. The van der Waals surface area contributed by atoms with E-state index in [2.05, 4.69) is 5.48 Å². The van der Waals surface area contributed by atoms with E-state index in [1.807, 2.05) is 0 Å². The lowest BCUT2D eigenvalue weighted by molar-refractivity contribution is 0.0599. The molecule has 1 aromatic rings. The second-order valence-electron chi connectivity index (χ2n) is 2.52. The van der Waals surface area contributed by atoms with Gasteiger partial charge in [0.2, 0.25) is 0 Å². The zero-order chi connectivity index (χ0) is 9.68. The van der Waals surface area contributed by atoms with E-state index in [-0.39, 0.29) is 0 Å². The molecule has 0 fully saturated rings. The van der Waals surface area contributed by atoms with Gasteiger partial charge in [-0.25, -0.2) is 14.3 Å². The van der Waals surface area contributed by atoms with Crippen LogP contribution in [-0.4, -0.2) is 13.7 Å². The molecule has 0 radical (unpaired) electrons. The highest BCUT2D eigenvalue weighted by Crippen LogP contribution is 2.11. The van der Waals surface area contributed by atoms with Crippen molar-refractivity contribution >= 4 is 0 Å². The summed E-state index contributed by atoms with van der Waals surface area (Å²) in [6.45, 7) is 0.316. The van der Waals surface area contributed by atoms with Gasteiger partial charge in [-0.3, -0.25) is 0 Å². The third kappa shape index (κ3) is 2.75. The minimum absolute atomic E-state index is 0.316. The Morgan fingerprint density at radius 2 is 2.15 bits per heavy atom. The standard InChI is InChI=1S/C9H11F2NO/c1-12-13-6-5-7-3-2-4-8(10)9(7)11/h2-4,12H,5-6H2,1H3. The molecule has 72 valence electrons. The van der Waals surface area contributed by atoms with E-state index in [1.165, 1.54) is 12.1 Å². The highest BCUT2D eigenvalue weighted by molar-refractivity contribution is 5.18. The molecular formula is C9H11F2NO. The van der Waals surface area contributed by atoms with Crippen molar-refractivity contribution in [2.75, 3.05) is 13.7 Å². The molecule has 13 heavy (non-hydrogen) atoms. The van der Waals surface area contributed by atoms with Crippen molar-refractivity contribution in [2.45, 2.75) is 6.42 Å². The third-order valence-corrected chi connectivity index (χ3v) is 1.65. The zero-order valence-corrected chi connectivity index (χ0v) is 7.31. The van der Waals surface area contributed by atoms with Crippen LogP contribution in [0.5, 0.6) is 0 Å². The Morgan fingerprint density at radius 3 is 2.85 bits per heavy atom. The summed E-state index contributed by atoms with van der Waals surface area (Å²) in [6, 6.07) is 4.11. The smallest absolute Gasteiger partial charge is 0.162 e. The third-order valence-electron chi connectivity index (χ3n) is 1.65. The van der Waals surface area contributed by atoms with Crippen LogP contribution in [-0.2, 0) is 11.3 Å². The van der Waals surface area contributed by atoms with Crippen molar-refractivity contribution in [3.8, 4) is 0 Å². The summed E-state index contributed by atoms with van der Waals surface area (Å²) in [4.78, 5) is 4.79. The van der Waals surface area contributed by atoms with Gasteiger partial charge in [0, 0.05) is 13.5 Å². The summed E-state index contributed by atoms with van der Waals surface area (Å²) in [7, 11) is 1.61. The topological polar surface area (TPSA) is 21.3 Å². The van der Waals surface area contributed by atoms with Crippen molar-refractivity contribution < 1.29 is 13.6 Å². The predicted octanol–water partition coefficient (Wildman–Crippen LogP) is 1.66. The molecule has 4 heteroatoms. The second kappa shape index (κ2) is 4.89. The molecule has 0 aliphatic heterocycles. The van der Waals surface area contributed by atoms with Gasteiger partial charge in [0.25, 0.3) is 0 Å². The number of hydrogen-bond acceptors (Lipinski definition) is 2. The van der Waals surface area contributed by atoms with Crippen LogP contribution < -0.4 is 5.48 Å². The highest BCUT2D eigenvalue weighted by Gasteiger charge is 2.06. The molecule has 1 N–H and O–H groups in total. The van der Waals surface area contributed by atoms with Gasteiger partial charge in [0.15, 0.2) is 11.6 Å². The first-order valence-electron chi connectivity index (χ1n) is 3.97. The average Bonchev–Trinajstić information content (AvgIpc) is 2.13. The van der Waals surface area contributed by atoms with Crippen molar-refractivity contribution in [2.24, 2.45) is 0 Å². The van der Waals surface area contributed by atoms with Gasteiger partial charge >= 0.3 is 0 Å². The first-order chi connectivity index (χ1) is 6.25. The first kappa shape index (κ1) is 10.1. The van der Waals surface area contributed by atoms with Crippen molar-refractivity contribution in [1.29, 1.82) is 0 Å². The van der Waals surface area contributed by atoms with E-state index in [0.717, 1.165) is 6.07 Å². The fraction of sp³-hybridized carbons (Fsp3) is 0.333. The monoisotopic (exact) mass is 187 g/mol. The van der Waals surface area contributed by atoms with Crippen LogP contribution in [0.1, 0.15) is 5.56 Å². The lowest BCUT2D eigenvalue weighted by atomic mass is 10.1. The van der Waals surface area contributed by atoms with Crippen LogP contribution in [0.3, 0.4) is 0 Å². The zero-order valence-electron chi connectivity index (χ0n) is 7.31. The molecule has 1 rings (SSSR count). The molecule has 0 saturated heterocycles. The van der Waals surface area contributed by atoms with Crippen molar-refractivity contribution in [3.05, 3.63) is 35.4 Å². The van der Waals surface area contributed by atoms with E-state index in [0.29, 0.717) is 18.6 Å². The molecule has 0 spiro atoms. The Kier molecular flexibility index (Phi) is 3.79. The number of hydroxylamine groups is 1. The Labute approximate surface area is 75.5 Å². The fourth-order valence-corrected chi connectivity index (χ4v) is 1.00. The maximum atomic E-state index is 13.0. The fourth-order valence-electron chi connectivity index (χ4n) is 1.00. The van der Waals surface area contributed by atoms with Gasteiger partial charge < -0.3 is 4.84 Å². The summed E-state index contributed by atoms with van der Waals surface area (Å²) >= 11 is 0. The summed E-state index contributed by atoms with van der Waals surface area (Å²) in [6.07, 6.45) is 0.352. The Morgan fingerprint density at radius 1 is 1.38 bits per heavy atom. The highest BCUT2D eigenvalue weighted by atomic mass is 19.2. The van der Waals surface area contributed by atoms with Gasteiger partial charge in [-0.15, -0.1) is 0 Å². The normalized spacial score (nSPS) is 10.4. The maximum absolute atomic E-state index is 13.0.